The maximum atomic E-state index is 13.2. The van der Waals surface area contributed by atoms with Crippen molar-refractivity contribution >= 4 is 29.1 Å². The van der Waals surface area contributed by atoms with Crippen molar-refractivity contribution in [2.45, 2.75) is 19.4 Å². The summed E-state index contributed by atoms with van der Waals surface area (Å²) in [6.07, 6.45) is 0.650. The van der Waals surface area contributed by atoms with Gasteiger partial charge in [0.05, 0.1) is 37.0 Å². The van der Waals surface area contributed by atoms with Crippen molar-refractivity contribution in [2.24, 2.45) is 0 Å². The number of halogens is 1. The van der Waals surface area contributed by atoms with Crippen LogP contribution in [0, 0.1) is 0 Å². The van der Waals surface area contributed by atoms with Crippen LogP contribution in [0.25, 0.3) is 5.76 Å². The fraction of sp³-hybridized carbons (Fsp3) is 0.385. The molecule has 0 aliphatic carbocycles. The number of carbonyl (C=O) groups excluding carboxylic acids is 2. The molecule has 186 valence electrons. The molecular formula is C26H29ClN2O6. The third-order valence-electron chi connectivity index (χ3n) is 6.22. The third kappa shape index (κ3) is 5.45. The molecule has 2 N–H and O–H groups in total. The van der Waals surface area contributed by atoms with E-state index in [2.05, 4.69) is 4.90 Å². The molecule has 1 atom stereocenters. The topological polar surface area (TPSA) is 99.5 Å². The number of phenolic OH excluding ortho intramolecular Hbond substituents is 1. The minimum Gasteiger partial charge on any atom is -0.507 e. The van der Waals surface area contributed by atoms with E-state index in [1.165, 1.54) is 23.1 Å². The molecule has 1 amide bonds. The number of hydrogen-bond donors (Lipinski definition) is 2. The fourth-order valence-electron chi connectivity index (χ4n) is 4.53. The van der Waals surface area contributed by atoms with Crippen molar-refractivity contribution in [2.75, 3.05) is 46.0 Å². The Labute approximate surface area is 209 Å². The molecule has 35 heavy (non-hydrogen) atoms. The van der Waals surface area contributed by atoms with Crippen LogP contribution in [0.1, 0.15) is 30.5 Å². The molecule has 2 fully saturated rings. The predicted octanol–water partition coefficient (Wildman–Crippen LogP) is 3.59. The lowest BCUT2D eigenvalue weighted by atomic mass is 9.94. The summed E-state index contributed by atoms with van der Waals surface area (Å²) < 4.78 is 11.0. The number of benzene rings is 2. The van der Waals surface area contributed by atoms with Crippen molar-refractivity contribution in [3.8, 4) is 11.5 Å². The Morgan fingerprint density at radius 3 is 2.66 bits per heavy atom. The summed E-state index contributed by atoms with van der Waals surface area (Å²) in [6, 6.07) is 10.5. The van der Waals surface area contributed by atoms with Gasteiger partial charge < -0.3 is 24.6 Å². The van der Waals surface area contributed by atoms with E-state index >= 15 is 0 Å². The van der Waals surface area contributed by atoms with Gasteiger partial charge in [0.25, 0.3) is 11.7 Å². The zero-order valence-corrected chi connectivity index (χ0v) is 20.3. The average molecular weight is 501 g/mol. The van der Waals surface area contributed by atoms with Crippen LogP contribution >= 0.6 is 11.6 Å². The van der Waals surface area contributed by atoms with Crippen LogP contribution in [-0.2, 0) is 14.3 Å². The second kappa shape index (κ2) is 11.1. The minimum atomic E-state index is -0.835. The maximum absolute atomic E-state index is 13.2. The number of ether oxygens (including phenoxy) is 2. The highest BCUT2D eigenvalue weighted by Gasteiger charge is 2.46. The largest absolute Gasteiger partial charge is 0.507 e. The number of aliphatic hydroxyl groups is 1. The van der Waals surface area contributed by atoms with Gasteiger partial charge in [0.2, 0.25) is 0 Å². The third-order valence-corrected chi connectivity index (χ3v) is 6.45. The van der Waals surface area contributed by atoms with E-state index < -0.39 is 23.5 Å². The number of aliphatic hydroxyl groups excluding tert-OH is 1. The molecule has 2 aliphatic heterocycles. The monoisotopic (exact) mass is 500 g/mol. The van der Waals surface area contributed by atoms with Gasteiger partial charge in [-0.05, 0) is 49.2 Å². The maximum Gasteiger partial charge on any atom is 0.295 e. The lowest BCUT2D eigenvalue weighted by molar-refractivity contribution is -0.140. The highest BCUT2D eigenvalue weighted by molar-refractivity contribution is 6.46. The first-order valence-corrected chi connectivity index (χ1v) is 12.1. The van der Waals surface area contributed by atoms with Crippen molar-refractivity contribution < 1.29 is 29.3 Å². The number of nitrogens with zero attached hydrogens (tertiary/aromatic N) is 2. The first-order chi connectivity index (χ1) is 16.9. The number of rotatable bonds is 8. The number of morpholine rings is 1. The van der Waals surface area contributed by atoms with Crippen molar-refractivity contribution in [1.82, 2.24) is 9.80 Å². The van der Waals surface area contributed by atoms with Gasteiger partial charge in [0.1, 0.15) is 17.3 Å². The van der Waals surface area contributed by atoms with Crippen LogP contribution in [0.4, 0.5) is 0 Å². The summed E-state index contributed by atoms with van der Waals surface area (Å²) in [7, 11) is 0. The zero-order valence-electron chi connectivity index (χ0n) is 19.6. The standard InChI is InChI=1S/C26H29ClN2O6/c1-2-35-19-6-3-5-17(15-19)23-22(24(31)20-16-18(27)7-8-21(20)30)25(32)26(33)29(23)10-4-9-28-11-13-34-14-12-28/h3,5-8,15-16,23,30-31H,2,4,9-14H2,1H3/t23-/m0/s1. The van der Waals surface area contributed by atoms with E-state index in [1.807, 2.05) is 6.92 Å². The van der Waals surface area contributed by atoms with E-state index in [0.29, 0.717) is 44.1 Å². The highest BCUT2D eigenvalue weighted by Crippen LogP contribution is 2.42. The van der Waals surface area contributed by atoms with Gasteiger partial charge in [-0.2, -0.15) is 0 Å². The molecule has 9 heteroatoms. The summed E-state index contributed by atoms with van der Waals surface area (Å²) in [6.45, 7) is 6.41. The molecule has 2 saturated heterocycles. The Morgan fingerprint density at radius 2 is 1.91 bits per heavy atom. The van der Waals surface area contributed by atoms with Gasteiger partial charge in [-0.3, -0.25) is 14.5 Å². The molecule has 2 aromatic rings. The minimum absolute atomic E-state index is 0.00483. The normalized spacial score (nSPS) is 20.4. The average Bonchev–Trinajstić information content (AvgIpc) is 3.11. The molecule has 0 unspecified atom stereocenters. The Kier molecular flexibility index (Phi) is 7.95. The molecule has 0 saturated carbocycles. The van der Waals surface area contributed by atoms with Crippen LogP contribution in [0.5, 0.6) is 11.5 Å². The highest BCUT2D eigenvalue weighted by atomic mass is 35.5. The second-order valence-electron chi connectivity index (χ2n) is 8.47. The smallest absolute Gasteiger partial charge is 0.295 e. The van der Waals surface area contributed by atoms with Crippen LogP contribution in [0.2, 0.25) is 5.02 Å². The molecule has 2 aromatic carbocycles. The number of carbonyl (C=O) groups is 2. The second-order valence-corrected chi connectivity index (χ2v) is 8.90. The Bertz CT molecular complexity index is 1130. The molecule has 8 nitrogen and oxygen atoms in total. The van der Waals surface area contributed by atoms with Gasteiger partial charge in [0, 0.05) is 31.2 Å². The lowest BCUT2D eigenvalue weighted by Gasteiger charge is -2.29. The number of aromatic hydroxyl groups is 1. The number of phenols is 1. The predicted molar refractivity (Wildman–Crippen MR) is 132 cm³/mol. The van der Waals surface area contributed by atoms with E-state index in [4.69, 9.17) is 21.1 Å². The van der Waals surface area contributed by atoms with Crippen LogP contribution in [0.3, 0.4) is 0 Å². The fourth-order valence-corrected chi connectivity index (χ4v) is 4.70. The summed E-state index contributed by atoms with van der Waals surface area (Å²) in [5, 5.41) is 21.8. The quantitative estimate of drug-likeness (QED) is 0.324. The van der Waals surface area contributed by atoms with Crippen molar-refractivity contribution in [1.29, 1.82) is 0 Å². The number of Topliss-reactive ketones (excluding diaryl/α,β-unsaturated/α-hetero) is 1. The first-order valence-electron chi connectivity index (χ1n) is 11.7. The van der Waals surface area contributed by atoms with Gasteiger partial charge in [0.15, 0.2) is 0 Å². The van der Waals surface area contributed by atoms with Gasteiger partial charge >= 0.3 is 0 Å². The number of hydrogen-bond acceptors (Lipinski definition) is 7. The number of amides is 1. The molecular weight excluding hydrogens is 472 g/mol. The van der Waals surface area contributed by atoms with Gasteiger partial charge in [-0.15, -0.1) is 0 Å². The number of ketones is 1. The van der Waals surface area contributed by atoms with Crippen LogP contribution in [-0.4, -0.2) is 77.7 Å². The molecule has 2 aliphatic rings. The Hall–Kier alpha value is -3.07. The molecule has 0 aromatic heterocycles. The summed E-state index contributed by atoms with van der Waals surface area (Å²) >= 11 is 6.08. The van der Waals surface area contributed by atoms with Crippen LogP contribution < -0.4 is 4.74 Å². The van der Waals surface area contributed by atoms with Crippen molar-refractivity contribution in [3.63, 3.8) is 0 Å². The van der Waals surface area contributed by atoms with E-state index in [-0.39, 0.29) is 21.9 Å². The zero-order chi connectivity index (χ0) is 24.9. The SMILES string of the molecule is CCOc1cccc([C@H]2C(=C(O)c3cc(Cl)ccc3O)C(=O)C(=O)N2CCCN2CCOCC2)c1. The van der Waals surface area contributed by atoms with Gasteiger partial charge in [-0.25, -0.2) is 0 Å². The Morgan fingerprint density at radius 1 is 1.14 bits per heavy atom. The summed E-state index contributed by atoms with van der Waals surface area (Å²) in [4.78, 5) is 30.1. The molecule has 0 spiro atoms. The lowest BCUT2D eigenvalue weighted by Crippen LogP contribution is -2.38. The van der Waals surface area contributed by atoms with E-state index in [9.17, 15) is 19.8 Å². The van der Waals surface area contributed by atoms with E-state index in [1.54, 1.807) is 24.3 Å². The number of likely N-dealkylation sites (tertiary alicyclic amines) is 1. The Balaban J connectivity index is 1.72. The van der Waals surface area contributed by atoms with Crippen LogP contribution in [0.15, 0.2) is 48.0 Å². The summed E-state index contributed by atoms with van der Waals surface area (Å²) in [5.41, 5.74) is 0.534. The van der Waals surface area contributed by atoms with Gasteiger partial charge in [-0.1, -0.05) is 23.7 Å². The molecule has 4 rings (SSSR count). The first kappa shape index (κ1) is 25.0. The molecule has 0 bridgehead atoms. The van der Waals surface area contributed by atoms with Crippen molar-refractivity contribution in [3.05, 3.63) is 64.2 Å². The van der Waals surface area contributed by atoms with E-state index in [0.717, 1.165) is 19.6 Å². The molecule has 0 radical (unpaired) electrons. The summed E-state index contributed by atoms with van der Waals surface area (Å²) in [5.74, 6) is -1.62. The molecule has 2 heterocycles.